The highest BCUT2D eigenvalue weighted by molar-refractivity contribution is 6.07. The molecule has 0 bridgehead atoms. The molecule has 1 aliphatic rings. The summed E-state index contributed by atoms with van der Waals surface area (Å²) >= 11 is 0. The molecule has 2 aromatic carbocycles. The zero-order chi connectivity index (χ0) is 18.8. The first kappa shape index (κ1) is 17.3. The van der Waals surface area contributed by atoms with Gasteiger partial charge >= 0.3 is 0 Å². The molecule has 0 atom stereocenters. The van der Waals surface area contributed by atoms with Crippen LogP contribution in [0.2, 0.25) is 0 Å². The Balaban J connectivity index is 1.49. The van der Waals surface area contributed by atoms with Gasteiger partial charge in [0.15, 0.2) is 0 Å². The average molecular weight is 363 g/mol. The molecule has 1 aromatic heterocycles. The van der Waals surface area contributed by atoms with E-state index in [-0.39, 0.29) is 5.91 Å². The molecule has 2 amide bonds. The molecule has 4 rings (SSSR count). The van der Waals surface area contributed by atoms with Crippen LogP contribution in [0, 0.1) is 5.92 Å². The summed E-state index contributed by atoms with van der Waals surface area (Å²) in [5.74, 6) is 0.0540. The van der Waals surface area contributed by atoms with E-state index in [2.05, 4.69) is 16.0 Å². The SMILES string of the molecule is O=C(NO)c1ccc(CNC(=O)c2cn(CC3CC3)c3ccccc23)cc1. The van der Waals surface area contributed by atoms with Gasteiger partial charge in [-0.2, -0.15) is 0 Å². The van der Waals surface area contributed by atoms with E-state index in [0.29, 0.717) is 17.7 Å². The van der Waals surface area contributed by atoms with Crippen molar-refractivity contribution in [1.29, 1.82) is 0 Å². The number of carbonyl (C=O) groups excluding carboxylic acids is 2. The predicted molar refractivity (Wildman–Crippen MR) is 102 cm³/mol. The molecule has 1 aliphatic carbocycles. The number of hydrogen-bond acceptors (Lipinski definition) is 3. The summed E-state index contributed by atoms with van der Waals surface area (Å²) in [6.45, 7) is 1.32. The predicted octanol–water partition coefficient (Wildman–Crippen LogP) is 3.10. The molecule has 1 saturated carbocycles. The largest absolute Gasteiger partial charge is 0.348 e. The first-order chi connectivity index (χ1) is 13.2. The molecule has 0 aliphatic heterocycles. The Kier molecular flexibility index (Phi) is 4.64. The standard InChI is InChI=1S/C21H21N3O3/c25-20(23-27)16-9-7-14(8-10-16)11-22-21(26)18-13-24(12-15-5-6-15)19-4-2-1-3-17(18)19/h1-4,7-10,13,15,27H,5-6,11-12H2,(H,22,26)(H,23,25). The summed E-state index contributed by atoms with van der Waals surface area (Å²) in [5.41, 5.74) is 4.60. The van der Waals surface area contributed by atoms with Gasteiger partial charge in [-0.15, -0.1) is 0 Å². The van der Waals surface area contributed by atoms with Crippen LogP contribution in [0.4, 0.5) is 0 Å². The lowest BCUT2D eigenvalue weighted by molar-refractivity contribution is 0.0706. The summed E-state index contributed by atoms with van der Waals surface area (Å²) in [6, 6.07) is 14.7. The Morgan fingerprint density at radius 2 is 1.78 bits per heavy atom. The maximum absolute atomic E-state index is 12.7. The van der Waals surface area contributed by atoms with Crippen LogP contribution in [0.3, 0.4) is 0 Å². The highest BCUT2D eigenvalue weighted by Gasteiger charge is 2.23. The van der Waals surface area contributed by atoms with Crippen LogP contribution in [0.25, 0.3) is 10.9 Å². The van der Waals surface area contributed by atoms with Gasteiger partial charge < -0.3 is 9.88 Å². The number of benzene rings is 2. The first-order valence-corrected chi connectivity index (χ1v) is 9.05. The van der Waals surface area contributed by atoms with Crippen LogP contribution in [-0.2, 0) is 13.1 Å². The van der Waals surface area contributed by atoms with E-state index < -0.39 is 5.91 Å². The summed E-state index contributed by atoms with van der Waals surface area (Å²) in [4.78, 5) is 24.1. The molecule has 0 saturated heterocycles. The highest BCUT2D eigenvalue weighted by Crippen LogP contribution is 2.33. The normalized spacial score (nSPS) is 13.5. The fourth-order valence-electron chi connectivity index (χ4n) is 3.27. The smallest absolute Gasteiger partial charge is 0.274 e. The van der Waals surface area contributed by atoms with Gasteiger partial charge in [0.25, 0.3) is 11.8 Å². The van der Waals surface area contributed by atoms with Crippen LogP contribution in [0.1, 0.15) is 39.1 Å². The average Bonchev–Trinajstić information content (AvgIpc) is 3.46. The molecule has 3 N–H and O–H groups in total. The Morgan fingerprint density at radius 1 is 1.04 bits per heavy atom. The van der Waals surface area contributed by atoms with E-state index in [4.69, 9.17) is 5.21 Å². The molecular weight excluding hydrogens is 342 g/mol. The number of hydroxylamine groups is 1. The van der Waals surface area contributed by atoms with Crippen molar-refractivity contribution in [3.8, 4) is 0 Å². The zero-order valence-corrected chi connectivity index (χ0v) is 14.8. The molecule has 138 valence electrons. The number of aromatic nitrogens is 1. The van der Waals surface area contributed by atoms with Crippen molar-refractivity contribution >= 4 is 22.7 Å². The van der Waals surface area contributed by atoms with Crippen molar-refractivity contribution < 1.29 is 14.8 Å². The van der Waals surface area contributed by atoms with E-state index in [9.17, 15) is 9.59 Å². The van der Waals surface area contributed by atoms with E-state index in [0.717, 1.165) is 28.9 Å². The molecule has 6 heteroatoms. The second-order valence-electron chi connectivity index (χ2n) is 6.98. The van der Waals surface area contributed by atoms with Crippen molar-refractivity contribution in [2.75, 3.05) is 0 Å². The Hall–Kier alpha value is -3.12. The molecule has 0 spiro atoms. The van der Waals surface area contributed by atoms with Crippen molar-refractivity contribution in [2.24, 2.45) is 5.92 Å². The third kappa shape index (κ3) is 3.71. The first-order valence-electron chi connectivity index (χ1n) is 9.05. The summed E-state index contributed by atoms with van der Waals surface area (Å²) in [5, 5.41) is 12.6. The minimum atomic E-state index is -0.561. The van der Waals surface area contributed by atoms with Crippen LogP contribution in [0.5, 0.6) is 0 Å². The fraction of sp³-hybridized carbons (Fsp3) is 0.238. The molecular formula is C21H21N3O3. The lowest BCUT2D eigenvalue weighted by Crippen LogP contribution is -2.23. The summed E-state index contributed by atoms with van der Waals surface area (Å²) < 4.78 is 2.18. The van der Waals surface area contributed by atoms with Gasteiger partial charge in [0.1, 0.15) is 0 Å². The summed E-state index contributed by atoms with van der Waals surface area (Å²) in [6.07, 6.45) is 4.48. The number of nitrogens with zero attached hydrogens (tertiary/aromatic N) is 1. The number of rotatable bonds is 6. The number of carbonyl (C=O) groups is 2. The van der Waals surface area contributed by atoms with Crippen molar-refractivity contribution in [3.05, 3.63) is 71.4 Å². The Labute approximate surface area is 156 Å². The van der Waals surface area contributed by atoms with E-state index >= 15 is 0 Å². The number of para-hydroxylation sites is 1. The highest BCUT2D eigenvalue weighted by atomic mass is 16.5. The fourth-order valence-corrected chi connectivity index (χ4v) is 3.27. The van der Waals surface area contributed by atoms with Gasteiger partial charge in [-0.1, -0.05) is 30.3 Å². The van der Waals surface area contributed by atoms with Crippen LogP contribution >= 0.6 is 0 Å². The second kappa shape index (κ2) is 7.25. The minimum Gasteiger partial charge on any atom is -0.348 e. The van der Waals surface area contributed by atoms with Crippen molar-refractivity contribution in [2.45, 2.75) is 25.9 Å². The van der Waals surface area contributed by atoms with E-state index in [1.165, 1.54) is 12.8 Å². The number of hydrogen-bond donors (Lipinski definition) is 3. The number of fused-ring (bicyclic) bond motifs is 1. The van der Waals surface area contributed by atoms with Gasteiger partial charge in [0.05, 0.1) is 5.56 Å². The Bertz CT molecular complexity index is 988. The molecule has 1 fully saturated rings. The maximum Gasteiger partial charge on any atom is 0.274 e. The molecule has 0 radical (unpaired) electrons. The van der Waals surface area contributed by atoms with Crippen molar-refractivity contribution in [1.82, 2.24) is 15.4 Å². The molecule has 0 unspecified atom stereocenters. The van der Waals surface area contributed by atoms with Gasteiger partial charge in [-0.25, -0.2) is 5.48 Å². The second-order valence-corrected chi connectivity index (χ2v) is 6.98. The van der Waals surface area contributed by atoms with Crippen LogP contribution in [-0.4, -0.2) is 21.6 Å². The lowest BCUT2D eigenvalue weighted by atomic mass is 10.1. The number of nitrogens with one attached hydrogen (secondary N) is 2. The molecule has 27 heavy (non-hydrogen) atoms. The quantitative estimate of drug-likeness (QED) is 0.465. The topological polar surface area (TPSA) is 83.4 Å². The Morgan fingerprint density at radius 3 is 2.48 bits per heavy atom. The van der Waals surface area contributed by atoms with E-state index in [1.807, 2.05) is 24.4 Å². The van der Waals surface area contributed by atoms with Crippen LogP contribution < -0.4 is 10.8 Å². The lowest BCUT2D eigenvalue weighted by Gasteiger charge is -2.06. The zero-order valence-electron chi connectivity index (χ0n) is 14.8. The molecule has 6 nitrogen and oxygen atoms in total. The van der Waals surface area contributed by atoms with Gasteiger partial charge in [-0.05, 0) is 42.5 Å². The van der Waals surface area contributed by atoms with Gasteiger partial charge in [0.2, 0.25) is 0 Å². The maximum atomic E-state index is 12.7. The van der Waals surface area contributed by atoms with Gasteiger partial charge in [0, 0.05) is 35.8 Å². The van der Waals surface area contributed by atoms with Crippen LogP contribution in [0.15, 0.2) is 54.7 Å². The van der Waals surface area contributed by atoms with Gasteiger partial charge in [-0.3, -0.25) is 14.8 Å². The van der Waals surface area contributed by atoms with Crippen molar-refractivity contribution in [3.63, 3.8) is 0 Å². The molecule has 1 heterocycles. The third-order valence-electron chi connectivity index (χ3n) is 4.96. The third-order valence-corrected chi connectivity index (χ3v) is 4.96. The van der Waals surface area contributed by atoms with E-state index in [1.54, 1.807) is 29.7 Å². The summed E-state index contributed by atoms with van der Waals surface area (Å²) in [7, 11) is 0. The monoisotopic (exact) mass is 363 g/mol. The minimum absolute atomic E-state index is 0.113. The molecule has 3 aromatic rings. The number of amides is 2.